The first-order valence-electron chi connectivity index (χ1n) is 9.43. The molecule has 0 saturated heterocycles. The molecule has 0 fully saturated rings. The van der Waals surface area contributed by atoms with Crippen LogP contribution in [-0.4, -0.2) is 20.4 Å². The maximum atomic E-state index is 7.71. The number of pyridine rings is 1. The van der Waals surface area contributed by atoms with Gasteiger partial charge in [-0.3, -0.25) is 15.0 Å². The molecule has 3 aromatic carbocycles. The van der Waals surface area contributed by atoms with Crippen LogP contribution < -0.4 is 5.73 Å². The van der Waals surface area contributed by atoms with Crippen molar-refractivity contribution in [2.75, 3.05) is 0 Å². The quantitative estimate of drug-likeness (QED) is 0.351. The number of imidazole rings is 1. The molecule has 29 heavy (non-hydrogen) atoms. The Morgan fingerprint density at radius 1 is 0.862 bits per heavy atom. The second kappa shape index (κ2) is 6.87. The summed E-state index contributed by atoms with van der Waals surface area (Å²) in [7, 11) is 0. The fourth-order valence-corrected chi connectivity index (χ4v) is 3.79. The number of hydrogen-bond acceptors (Lipinski definition) is 3. The summed E-state index contributed by atoms with van der Waals surface area (Å²) in [4.78, 5) is 9.18. The van der Waals surface area contributed by atoms with Gasteiger partial charge < -0.3 is 5.73 Å². The maximum Gasteiger partial charge on any atom is 0.108 e. The fourth-order valence-electron chi connectivity index (χ4n) is 3.79. The molecule has 0 aliphatic carbocycles. The second-order valence-electron chi connectivity index (χ2n) is 7.04. The van der Waals surface area contributed by atoms with Crippen LogP contribution in [0.25, 0.3) is 38.8 Å². The normalized spacial score (nSPS) is 11.2. The average Bonchev–Trinajstić information content (AvgIpc) is 3.18. The molecule has 2 aromatic heterocycles. The lowest BCUT2D eigenvalue weighted by molar-refractivity contribution is 1.06. The minimum absolute atomic E-state index is 0.139. The number of nitrogens with one attached hydrogen (secondary N) is 1. The molecule has 0 unspecified atom stereocenters. The van der Waals surface area contributed by atoms with E-state index >= 15 is 0 Å². The van der Waals surface area contributed by atoms with Crippen molar-refractivity contribution < 1.29 is 0 Å². The van der Waals surface area contributed by atoms with Gasteiger partial charge in [0.1, 0.15) is 11.8 Å². The minimum atomic E-state index is 0.139. The van der Waals surface area contributed by atoms with Crippen LogP contribution in [0.2, 0.25) is 0 Å². The van der Waals surface area contributed by atoms with Gasteiger partial charge in [0.2, 0.25) is 0 Å². The van der Waals surface area contributed by atoms with Crippen LogP contribution in [0.3, 0.4) is 0 Å². The van der Waals surface area contributed by atoms with Crippen LogP contribution in [0.4, 0.5) is 0 Å². The topological polar surface area (TPSA) is 80.6 Å². The third-order valence-electron chi connectivity index (χ3n) is 5.11. The van der Waals surface area contributed by atoms with Gasteiger partial charge in [0.05, 0.1) is 28.8 Å². The molecule has 0 saturated carbocycles. The molecule has 0 bridgehead atoms. The highest BCUT2D eigenvalue weighted by molar-refractivity contribution is 6.04. The molecule has 0 aliphatic rings. The second-order valence-corrected chi connectivity index (χ2v) is 7.04. The van der Waals surface area contributed by atoms with Crippen LogP contribution in [0.1, 0.15) is 5.56 Å². The summed E-state index contributed by atoms with van der Waals surface area (Å²) >= 11 is 0. The molecule has 140 valence electrons. The van der Waals surface area contributed by atoms with E-state index in [-0.39, 0.29) is 5.84 Å². The zero-order valence-corrected chi connectivity index (χ0v) is 15.7. The van der Waals surface area contributed by atoms with Crippen LogP contribution in [0, 0.1) is 5.41 Å². The molecule has 5 rings (SSSR count). The van der Waals surface area contributed by atoms with Crippen molar-refractivity contribution in [2.45, 2.75) is 6.42 Å². The van der Waals surface area contributed by atoms with E-state index in [1.54, 1.807) is 0 Å². The molecule has 0 amide bonds. The maximum absolute atomic E-state index is 7.71. The van der Waals surface area contributed by atoms with Crippen LogP contribution in [-0.2, 0) is 6.42 Å². The third-order valence-corrected chi connectivity index (χ3v) is 5.11. The van der Waals surface area contributed by atoms with E-state index in [1.165, 1.54) is 0 Å². The first-order valence-corrected chi connectivity index (χ1v) is 9.43. The average molecular weight is 377 g/mol. The van der Waals surface area contributed by atoms with Gasteiger partial charge in [-0.15, -0.1) is 0 Å². The van der Waals surface area contributed by atoms with E-state index in [0.717, 1.165) is 44.3 Å². The Labute approximate surface area is 168 Å². The Morgan fingerprint density at radius 3 is 2.48 bits per heavy atom. The Kier molecular flexibility index (Phi) is 4.06. The standard InChI is InChI=1S/C24H19N5/c25-23(26)13-18-8-4-5-9-22(18)29-15-28-21-14-27-20-11-10-17(12-19(20)24(21)29)16-6-2-1-3-7-16/h1-12,14-15H,13H2,(H3,25,26). The summed E-state index contributed by atoms with van der Waals surface area (Å²) in [6.45, 7) is 0. The minimum Gasteiger partial charge on any atom is -0.387 e. The predicted octanol–water partition coefficient (Wildman–Crippen LogP) is 4.72. The largest absolute Gasteiger partial charge is 0.387 e. The van der Waals surface area contributed by atoms with Crippen molar-refractivity contribution in [3.63, 3.8) is 0 Å². The monoisotopic (exact) mass is 377 g/mol. The first-order chi connectivity index (χ1) is 14.2. The van der Waals surface area contributed by atoms with Gasteiger partial charge in [0.25, 0.3) is 0 Å². The van der Waals surface area contributed by atoms with Gasteiger partial charge in [-0.1, -0.05) is 54.6 Å². The van der Waals surface area contributed by atoms with Crippen molar-refractivity contribution in [3.05, 3.63) is 90.9 Å². The van der Waals surface area contributed by atoms with Crippen molar-refractivity contribution >= 4 is 27.8 Å². The third kappa shape index (κ3) is 3.02. The molecular formula is C24H19N5. The van der Waals surface area contributed by atoms with E-state index < -0.39 is 0 Å². The molecule has 0 atom stereocenters. The number of fused-ring (bicyclic) bond motifs is 3. The lowest BCUT2D eigenvalue weighted by atomic mass is 10.0. The van der Waals surface area contributed by atoms with E-state index in [2.05, 4.69) is 44.9 Å². The number of para-hydroxylation sites is 1. The molecule has 0 aliphatic heterocycles. The highest BCUT2D eigenvalue weighted by Crippen LogP contribution is 2.30. The van der Waals surface area contributed by atoms with Gasteiger partial charge in [0.15, 0.2) is 0 Å². The summed E-state index contributed by atoms with van der Waals surface area (Å²) < 4.78 is 2.08. The Balaban J connectivity index is 1.78. The molecule has 5 nitrogen and oxygen atoms in total. The van der Waals surface area contributed by atoms with Gasteiger partial charge in [-0.05, 0) is 34.9 Å². The number of nitrogens with two attached hydrogens (primary N) is 1. The van der Waals surface area contributed by atoms with Crippen molar-refractivity contribution in [2.24, 2.45) is 5.73 Å². The Hall–Kier alpha value is -3.99. The highest BCUT2D eigenvalue weighted by atomic mass is 15.1. The lowest BCUT2D eigenvalue weighted by Crippen LogP contribution is -2.14. The summed E-state index contributed by atoms with van der Waals surface area (Å²) in [5, 5.41) is 8.75. The Morgan fingerprint density at radius 2 is 1.66 bits per heavy atom. The van der Waals surface area contributed by atoms with Crippen molar-refractivity contribution in [3.8, 4) is 16.8 Å². The first kappa shape index (κ1) is 17.1. The lowest BCUT2D eigenvalue weighted by Gasteiger charge is -2.12. The summed E-state index contributed by atoms with van der Waals surface area (Å²) in [6, 6.07) is 24.6. The molecule has 0 radical (unpaired) electrons. The van der Waals surface area contributed by atoms with Gasteiger partial charge in [0, 0.05) is 11.8 Å². The van der Waals surface area contributed by atoms with Gasteiger partial charge in [-0.25, -0.2) is 4.98 Å². The number of rotatable bonds is 4. The molecule has 5 aromatic rings. The molecule has 3 N–H and O–H groups in total. The fraction of sp³-hybridized carbons (Fsp3) is 0.0417. The number of nitrogens with zero attached hydrogens (tertiary/aromatic N) is 3. The van der Waals surface area contributed by atoms with Crippen molar-refractivity contribution in [1.29, 1.82) is 5.41 Å². The molecule has 5 heteroatoms. The van der Waals surface area contributed by atoms with Crippen LogP contribution >= 0.6 is 0 Å². The van der Waals surface area contributed by atoms with Crippen LogP contribution in [0.15, 0.2) is 85.3 Å². The smallest absolute Gasteiger partial charge is 0.108 e. The number of amidine groups is 1. The zero-order chi connectivity index (χ0) is 19.8. The van der Waals surface area contributed by atoms with E-state index in [0.29, 0.717) is 6.42 Å². The van der Waals surface area contributed by atoms with E-state index in [9.17, 15) is 0 Å². The summed E-state index contributed by atoms with van der Waals surface area (Å²) in [5.74, 6) is 0.139. The summed E-state index contributed by atoms with van der Waals surface area (Å²) in [5.41, 5.74) is 12.7. The molecule has 0 spiro atoms. The predicted molar refractivity (Wildman–Crippen MR) is 117 cm³/mol. The van der Waals surface area contributed by atoms with E-state index in [4.69, 9.17) is 11.1 Å². The number of hydrogen-bond donors (Lipinski definition) is 2. The zero-order valence-electron chi connectivity index (χ0n) is 15.7. The highest BCUT2D eigenvalue weighted by Gasteiger charge is 2.13. The van der Waals surface area contributed by atoms with Crippen molar-refractivity contribution in [1.82, 2.24) is 14.5 Å². The molecular weight excluding hydrogens is 358 g/mol. The van der Waals surface area contributed by atoms with Crippen LogP contribution in [0.5, 0.6) is 0 Å². The number of aromatic nitrogens is 3. The van der Waals surface area contributed by atoms with Gasteiger partial charge in [-0.2, -0.15) is 0 Å². The Bertz CT molecular complexity index is 1350. The summed E-state index contributed by atoms with van der Waals surface area (Å²) in [6.07, 6.45) is 4.03. The molecule has 2 heterocycles. The number of benzene rings is 3. The van der Waals surface area contributed by atoms with Gasteiger partial charge >= 0.3 is 0 Å². The van der Waals surface area contributed by atoms with E-state index in [1.807, 2.05) is 55.0 Å². The SMILES string of the molecule is N=C(N)Cc1ccccc1-n1cnc2cnc3ccc(-c4ccccc4)cc3c21.